The summed E-state index contributed by atoms with van der Waals surface area (Å²) in [5, 5.41) is 13.7. The molecule has 0 aliphatic carbocycles. The fourth-order valence-electron chi connectivity index (χ4n) is 3.43. The van der Waals surface area contributed by atoms with Crippen LogP contribution >= 0.6 is 23.4 Å². The summed E-state index contributed by atoms with van der Waals surface area (Å²) in [7, 11) is 0. The fourth-order valence-corrected chi connectivity index (χ4v) is 4.48. The molecule has 0 saturated carbocycles. The van der Waals surface area contributed by atoms with Gasteiger partial charge in [0.2, 0.25) is 5.91 Å². The van der Waals surface area contributed by atoms with Crippen LogP contribution in [0.2, 0.25) is 5.02 Å². The maximum atomic E-state index is 12.8. The van der Waals surface area contributed by atoms with E-state index in [1.165, 1.54) is 11.8 Å². The van der Waals surface area contributed by atoms with Gasteiger partial charge in [-0.15, -0.1) is 0 Å². The number of para-hydroxylation sites is 1. The van der Waals surface area contributed by atoms with Gasteiger partial charge in [-0.1, -0.05) is 83.5 Å². The van der Waals surface area contributed by atoms with Crippen molar-refractivity contribution in [3.05, 3.63) is 101 Å². The van der Waals surface area contributed by atoms with Crippen LogP contribution < -0.4 is 5.32 Å². The standard InChI is InChI=1S/C28H22ClN3OS/c1-18-8-10-21(11-9-18)26-16-24(20-12-14-22(29)15-13-20)25(17-30)28(32-26)34-19(2)27(33)31-23-6-4-3-5-7-23/h3-16,19H,1-2H3,(H,31,33)/t19-/m1/s1. The highest BCUT2D eigenvalue weighted by Gasteiger charge is 2.21. The molecule has 6 heteroatoms. The molecule has 0 bridgehead atoms. The molecule has 4 nitrogen and oxygen atoms in total. The second kappa shape index (κ2) is 10.6. The van der Waals surface area contributed by atoms with Gasteiger partial charge < -0.3 is 5.32 Å². The minimum atomic E-state index is -0.467. The molecular weight excluding hydrogens is 462 g/mol. The molecule has 0 radical (unpaired) electrons. The average molecular weight is 484 g/mol. The smallest absolute Gasteiger partial charge is 0.237 e. The van der Waals surface area contributed by atoms with Crippen molar-refractivity contribution in [2.24, 2.45) is 0 Å². The molecule has 1 amide bonds. The van der Waals surface area contributed by atoms with Gasteiger partial charge in [-0.05, 0) is 49.7 Å². The van der Waals surface area contributed by atoms with Crippen LogP contribution in [0.5, 0.6) is 0 Å². The van der Waals surface area contributed by atoms with E-state index in [1.54, 1.807) is 12.1 Å². The topological polar surface area (TPSA) is 65.8 Å². The number of hydrogen-bond acceptors (Lipinski definition) is 4. The van der Waals surface area contributed by atoms with Crippen LogP contribution in [0.4, 0.5) is 5.69 Å². The molecular formula is C28H22ClN3OS. The molecule has 0 unspecified atom stereocenters. The van der Waals surface area contributed by atoms with Gasteiger partial charge >= 0.3 is 0 Å². The Hall–Kier alpha value is -3.59. The number of aromatic nitrogens is 1. The first-order valence-electron chi connectivity index (χ1n) is 10.8. The van der Waals surface area contributed by atoms with Crippen molar-refractivity contribution < 1.29 is 4.79 Å². The number of benzene rings is 3. The molecule has 4 aromatic rings. The number of carbonyl (C=O) groups excluding carboxylic acids is 1. The van der Waals surface area contributed by atoms with Gasteiger partial charge in [-0.2, -0.15) is 5.26 Å². The SMILES string of the molecule is Cc1ccc(-c2cc(-c3ccc(Cl)cc3)c(C#N)c(S[C@H](C)C(=O)Nc3ccccc3)n2)cc1. The second-order valence-electron chi connectivity index (χ2n) is 7.84. The van der Waals surface area contributed by atoms with E-state index in [2.05, 4.69) is 11.4 Å². The Bertz CT molecular complexity index is 1350. The van der Waals surface area contributed by atoms with Gasteiger partial charge in [0, 0.05) is 21.8 Å². The van der Waals surface area contributed by atoms with Crippen LogP contribution in [0.1, 0.15) is 18.1 Å². The summed E-state index contributed by atoms with van der Waals surface area (Å²) in [6, 6.07) is 29.0. The molecule has 1 aromatic heterocycles. The van der Waals surface area contributed by atoms with Crippen LogP contribution in [0.15, 0.2) is 90.0 Å². The van der Waals surface area contributed by atoms with E-state index < -0.39 is 5.25 Å². The maximum absolute atomic E-state index is 12.8. The Balaban J connectivity index is 1.75. The summed E-state index contributed by atoms with van der Waals surface area (Å²) in [6.07, 6.45) is 0. The highest BCUT2D eigenvalue weighted by atomic mass is 35.5. The van der Waals surface area contributed by atoms with Crippen LogP contribution in [-0.4, -0.2) is 16.1 Å². The number of pyridine rings is 1. The quantitative estimate of drug-likeness (QED) is 0.291. The first-order chi connectivity index (χ1) is 16.4. The van der Waals surface area contributed by atoms with Crippen molar-refractivity contribution in [3.8, 4) is 28.5 Å². The lowest BCUT2D eigenvalue weighted by Crippen LogP contribution is -2.22. The molecule has 1 heterocycles. The highest BCUT2D eigenvalue weighted by Crippen LogP contribution is 2.36. The first-order valence-corrected chi connectivity index (χ1v) is 12.0. The number of halogens is 1. The molecule has 0 saturated heterocycles. The van der Waals surface area contributed by atoms with Gasteiger partial charge in [-0.25, -0.2) is 4.98 Å². The minimum absolute atomic E-state index is 0.157. The minimum Gasteiger partial charge on any atom is -0.325 e. The molecule has 1 N–H and O–H groups in total. The van der Waals surface area contributed by atoms with Crippen molar-refractivity contribution >= 4 is 35.0 Å². The average Bonchev–Trinajstić information content (AvgIpc) is 2.85. The zero-order valence-corrected chi connectivity index (χ0v) is 20.3. The number of hydrogen-bond donors (Lipinski definition) is 1. The normalized spacial score (nSPS) is 11.5. The van der Waals surface area contributed by atoms with Gasteiger partial charge in [0.05, 0.1) is 16.5 Å². The Morgan fingerprint density at radius 2 is 1.65 bits per heavy atom. The van der Waals surface area contributed by atoms with Crippen molar-refractivity contribution in [3.63, 3.8) is 0 Å². The predicted octanol–water partition coefficient (Wildman–Crippen LogP) is 7.37. The largest absolute Gasteiger partial charge is 0.325 e. The lowest BCUT2D eigenvalue weighted by Gasteiger charge is -2.16. The van der Waals surface area contributed by atoms with Crippen molar-refractivity contribution in [1.82, 2.24) is 4.98 Å². The molecule has 1 atom stereocenters. The van der Waals surface area contributed by atoms with Gasteiger partial charge in [-0.3, -0.25) is 4.79 Å². The second-order valence-corrected chi connectivity index (χ2v) is 9.60. The number of thioether (sulfide) groups is 1. The number of nitrogens with one attached hydrogen (secondary N) is 1. The van der Waals surface area contributed by atoms with Crippen LogP contribution in [0, 0.1) is 18.3 Å². The lowest BCUT2D eigenvalue weighted by molar-refractivity contribution is -0.115. The van der Waals surface area contributed by atoms with Gasteiger partial charge in [0.25, 0.3) is 0 Å². The zero-order chi connectivity index (χ0) is 24.1. The molecule has 34 heavy (non-hydrogen) atoms. The van der Waals surface area contributed by atoms with Crippen LogP contribution in [0.25, 0.3) is 22.4 Å². The van der Waals surface area contributed by atoms with E-state index >= 15 is 0 Å². The monoisotopic (exact) mass is 483 g/mol. The van der Waals surface area contributed by atoms with E-state index in [4.69, 9.17) is 16.6 Å². The lowest BCUT2D eigenvalue weighted by atomic mass is 9.99. The summed E-state index contributed by atoms with van der Waals surface area (Å²) < 4.78 is 0. The number of amides is 1. The van der Waals surface area contributed by atoms with E-state index in [0.717, 1.165) is 33.6 Å². The van der Waals surface area contributed by atoms with Crippen LogP contribution in [-0.2, 0) is 4.79 Å². The van der Waals surface area contributed by atoms with E-state index in [9.17, 15) is 10.1 Å². The Morgan fingerprint density at radius 3 is 2.29 bits per heavy atom. The van der Waals surface area contributed by atoms with Crippen LogP contribution in [0.3, 0.4) is 0 Å². The Kier molecular flexibility index (Phi) is 7.32. The fraction of sp³-hybridized carbons (Fsp3) is 0.107. The number of carbonyl (C=O) groups is 1. The summed E-state index contributed by atoms with van der Waals surface area (Å²) >= 11 is 7.36. The third-order valence-electron chi connectivity index (χ3n) is 5.30. The third-order valence-corrected chi connectivity index (χ3v) is 6.64. The highest BCUT2D eigenvalue weighted by molar-refractivity contribution is 8.00. The Morgan fingerprint density at radius 1 is 1.00 bits per heavy atom. The van der Waals surface area contributed by atoms with E-state index in [-0.39, 0.29) is 5.91 Å². The predicted molar refractivity (Wildman–Crippen MR) is 140 cm³/mol. The van der Waals surface area contributed by atoms with Crippen molar-refractivity contribution in [2.45, 2.75) is 24.1 Å². The zero-order valence-electron chi connectivity index (χ0n) is 18.7. The Labute approximate surface area is 208 Å². The summed E-state index contributed by atoms with van der Waals surface area (Å²) in [5.74, 6) is -0.157. The molecule has 0 fully saturated rings. The molecule has 4 rings (SSSR count). The summed E-state index contributed by atoms with van der Waals surface area (Å²) in [4.78, 5) is 17.7. The number of nitrogens with zero attached hydrogens (tertiary/aromatic N) is 2. The van der Waals surface area contributed by atoms with E-state index in [0.29, 0.717) is 15.6 Å². The van der Waals surface area contributed by atoms with E-state index in [1.807, 2.05) is 86.6 Å². The van der Waals surface area contributed by atoms with Crippen molar-refractivity contribution in [2.75, 3.05) is 5.32 Å². The maximum Gasteiger partial charge on any atom is 0.237 e. The van der Waals surface area contributed by atoms with Gasteiger partial charge in [0.15, 0.2) is 0 Å². The molecule has 168 valence electrons. The van der Waals surface area contributed by atoms with Gasteiger partial charge in [0.1, 0.15) is 11.1 Å². The molecule has 0 aliphatic rings. The summed E-state index contributed by atoms with van der Waals surface area (Å²) in [6.45, 7) is 3.84. The first kappa shape index (κ1) is 23.6. The number of aryl methyl sites for hydroxylation is 1. The third kappa shape index (κ3) is 5.48. The molecule has 0 aliphatic heterocycles. The number of anilines is 1. The molecule has 0 spiro atoms. The molecule has 3 aromatic carbocycles. The number of nitriles is 1. The van der Waals surface area contributed by atoms with Crippen molar-refractivity contribution in [1.29, 1.82) is 5.26 Å². The number of rotatable bonds is 6. The summed E-state index contributed by atoms with van der Waals surface area (Å²) in [5.41, 5.74) is 5.60.